The first-order chi connectivity index (χ1) is 15.8. The summed E-state index contributed by atoms with van der Waals surface area (Å²) in [5, 5.41) is 0.584. The molecular weight excluding hydrogens is 493 g/mol. The Hall–Kier alpha value is -3.45. The van der Waals surface area contributed by atoms with Crippen molar-refractivity contribution >= 4 is 37.3 Å². The zero-order chi connectivity index (χ0) is 25.0. The minimum atomic E-state index is -4.85. The molecule has 13 heteroatoms. The lowest BCUT2D eigenvalue weighted by molar-refractivity contribution is -0.144. The Labute approximate surface area is 195 Å². The maximum absolute atomic E-state index is 13.1. The number of fused-ring (bicyclic) bond motifs is 1. The van der Waals surface area contributed by atoms with E-state index in [1.54, 1.807) is 30.3 Å². The fourth-order valence-electron chi connectivity index (χ4n) is 3.43. The summed E-state index contributed by atoms with van der Waals surface area (Å²) < 4.78 is 70.2. The summed E-state index contributed by atoms with van der Waals surface area (Å²) in [6.07, 6.45) is -3.76. The second-order valence-electron chi connectivity index (χ2n) is 7.53. The standard InChI is InChI=1S/C21H17F3N4O4S2/c1-26-17(21(22,23)24)11-18(29)28(20(26)30)14-8-9-16-15(10-14)19(25-33-16)12-4-6-13(7-5-12)27(2)34(3,31)32/h4-11H,1-3H3. The average molecular weight is 511 g/mol. The first-order valence-electron chi connectivity index (χ1n) is 9.63. The number of hydrogen-bond acceptors (Lipinski definition) is 6. The van der Waals surface area contributed by atoms with Crippen molar-refractivity contribution in [3.63, 3.8) is 0 Å². The molecule has 4 aromatic rings. The van der Waals surface area contributed by atoms with Crippen LogP contribution >= 0.6 is 11.5 Å². The highest BCUT2D eigenvalue weighted by atomic mass is 32.2. The molecule has 2 heterocycles. The Morgan fingerprint density at radius 2 is 1.68 bits per heavy atom. The van der Waals surface area contributed by atoms with Crippen LogP contribution in [0, 0.1) is 0 Å². The second-order valence-corrected chi connectivity index (χ2v) is 10.4. The van der Waals surface area contributed by atoms with Crippen molar-refractivity contribution < 1.29 is 21.6 Å². The number of rotatable bonds is 4. The van der Waals surface area contributed by atoms with Gasteiger partial charge >= 0.3 is 11.9 Å². The van der Waals surface area contributed by atoms with Gasteiger partial charge in [-0.1, -0.05) is 12.1 Å². The van der Waals surface area contributed by atoms with Gasteiger partial charge in [0.15, 0.2) is 0 Å². The Balaban J connectivity index is 1.83. The Morgan fingerprint density at radius 3 is 2.26 bits per heavy atom. The van der Waals surface area contributed by atoms with Gasteiger partial charge < -0.3 is 0 Å². The SMILES string of the molecule is CN(c1ccc(-c2nsc3ccc(-n4c(=O)cc(C(F)(F)F)n(C)c4=O)cc23)cc1)S(C)(=O)=O. The van der Waals surface area contributed by atoms with Crippen LogP contribution in [0.2, 0.25) is 0 Å². The smallest absolute Gasteiger partial charge is 0.292 e. The summed E-state index contributed by atoms with van der Waals surface area (Å²) in [7, 11) is -1.05. The molecule has 0 amide bonds. The van der Waals surface area contributed by atoms with Crippen molar-refractivity contribution in [2.45, 2.75) is 6.18 Å². The lowest BCUT2D eigenvalue weighted by atomic mass is 10.1. The molecule has 0 bridgehead atoms. The number of sulfonamides is 1. The highest BCUT2D eigenvalue weighted by Crippen LogP contribution is 2.33. The maximum Gasteiger partial charge on any atom is 0.431 e. The number of anilines is 1. The lowest BCUT2D eigenvalue weighted by Gasteiger charge is -2.16. The highest BCUT2D eigenvalue weighted by Gasteiger charge is 2.35. The Kier molecular flexibility index (Phi) is 5.64. The van der Waals surface area contributed by atoms with E-state index in [1.807, 2.05) is 0 Å². The Bertz CT molecular complexity index is 1640. The van der Waals surface area contributed by atoms with Crippen molar-refractivity contribution in [3.8, 4) is 16.9 Å². The van der Waals surface area contributed by atoms with E-state index < -0.39 is 33.1 Å². The van der Waals surface area contributed by atoms with Crippen molar-refractivity contribution in [1.82, 2.24) is 13.5 Å². The summed E-state index contributed by atoms with van der Waals surface area (Å²) in [6, 6.07) is 11.6. The zero-order valence-electron chi connectivity index (χ0n) is 18.0. The molecule has 2 aromatic carbocycles. The van der Waals surface area contributed by atoms with Crippen LogP contribution in [-0.4, -0.2) is 35.2 Å². The van der Waals surface area contributed by atoms with E-state index in [0.29, 0.717) is 37.5 Å². The van der Waals surface area contributed by atoms with Gasteiger partial charge in [0.05, 0.1) is 28.0 Å². The second kappa shape index (κ2) is 8.09. The van der Waals surface area contributed by atoms with Crippen LogP contribution in [0.25, 0.3) is 27.0 Å². The van der Waals surface area contributed by atoms with E-state index in [9.17, 15) is 31.2 Å². The van der Waals surface area contributed by atoms with Gasteiger partial charge in [-0.15, -0.1) is 0 Å². The van der Waals surface area contributed by atoms with Crippen LogP contribution < -0.4 is 15.6 Å². The summed E-state index contributed by atoms with van der Waals surface area (Å²) in [4.78, 5) is 25.1. The van der Waals surface area contributed by atoms with Crippen LogP contribution in [0.1, 0.15) is 5.69 Å². The monoisotopic (exact) mass is 510 g/mol. The molecule has 0 saturated carbocycles. The first kappa shape index (κ1) is 23.7. The van der Waals surface area contributed by atoms with Crippen LogP contribution in [0.3, 0.4) is 0 Å². The number of hydrogen-bond donors (Lipinski definition) is 0. The molecule has 8 nitrogen and oxygen atoms in total. The molecule has 0 spiro atoms. The predicted molar refractivity (Wildman–Crippen MR) is 124 cm³/mol. The molecule has 4 rings (SSSR count). The molecule has 0 atom stereocenters. The molecule has 0 aliphatic rings. The minimum absolute atomic E-state index is 0.0988. The van der Waals surface area contributed by atoms with E-state index in [1.165, 1.54) is 30.7 Å². The quantitative estimate of drug-likeness (QED) is 0.420. The fraction of sp³-hybridized carbons (Fsp3) is 0.190. The molecule has 0 saturated heterocycles. The third-order valence-electron chi connectivity index (χ3n) is 5.32. The summed E-state index contributed by atoms with van der Waals surface area (Å²) in [5.41, 5.74) is -1.84. The molecule has 2 aromatic heterocycles. The van der Waals surface area contributed by atoms with Gasteiger partial charge in [0, 0.05) is 31.1 Å². The normalized spacial score (nSPS) is 12.3. The van der Waals surface area contributed by atoms with Gasteiger partial charge in [0.25, 0.3) is 5.56 Å². The minimum Gasteiger partial charge on any atom is -0.292 e. The predicted octanol–water partition coefficient (Wildman–Crippen LogP) is 3.23. The summed E-state index contributed by atoms with van der Waals surface area (Å²) in [6.45, 7) is 0. The van der Waals surface area contributed by atoms with E-state index in [2.05, 4.69) is 4.37 Å². The number of halogens is 3. The maximum atomic E-state index is 13.1. The van der Waals surface area contributed by atoms with E-state index in [-0.39, 0.29) is 5.69 Å². The van der Waals surface area contributed by atoms with Gasteiger partial charge in [0.2, 0.25) is 10.0 Å². The molecule has 0 N–H and O–H groups in total. The summed E-state index contributed by atoms with van der Waals surface area (Å²) >= 11 is 1.17. The fourth-order valence-corrected chi connectivity index (χ4v) is 4.71. The molecule has 0 fully saturated rings. The molecular formula is C21H17F3N4O4S2. The third-order valence-corrected chi connectivity index (χ3v) is 7.36. The van der Waals surface area contributed by atoms with Gasteiger partial charge in [0.1, 0.15) is 5.69 Å². The molecule has 0 aliphatic heterocycles. The van der Waals surface area contributed by atoms with Gasteiger partial charge in [-0.2, -0.15) is 17.5 Å². The van der Waals surface area contributed by atoms with Gasteiger partial charge in [-0.05, 0) is 41.9 Å². The van der Waals surface area contributed by atoms with Crippen molar-refractivity contribution in [2.75, 3.05) is 17.6 Å². The van der Waals surface area contributed by atoms with Crippen LogP contribution in [0.4, 0.5) is 18.9 Å². The lowest BCUT2D eigenvalue weighted by Crippen LogP contribution is -2.40. The molecule has 0 aliphatic carbocycles. The number of nitrogens with zero attached hydrogens (tertiary/aromatic N) is 4. The molecule has 0 radical (unpaired) electrons. The van der Waals surface area contributed by atoms with Crippen molar-refractivity contribution in [2.24, 2.45) is 7.05 Å². The number of benzene rings is 2. The molecule has 0 unspecified atom stereocenters. The van der Waals surface area contributed by atoms with Crippen molar-refractivity contribution in [3.05, 3.63) is 75.1 Å². The number of aromatic nitrogens is 3. The van der Waals surface area contributed by atoms with E-state index >= 15 is 0 Å². The highest BCUT2D eigenvalue weighted by molar-refractivity contribution is 7.92. The van der Waals surface area contributed by atoms with Crippen LogP contribution in [-0.2, 0) is 23.2 Å². The van der Waals surface area contributed by atoms with Gasteiger partial charge in [-0.25, -0.2) is 17.8 Å². The zero-order valence-corrected chi connectivity index (χ0v) is 19.6. The van der Waals surface area contributed by atoms with Crippen LogP contribution in [0.15, 0.2) is 58.1 Å². The van der Waals surface area contributed by atoms with E-state index in [0.717, 1.165) is 22.3 Å². The first-order valence-corrected chi connectivity index (χ1v) is 12.3. The van der Waals surface area contributed by atoms with Crippen LogP contribution in [0.5, 0.6) is 0 Å². The largest absolute Gasteiger partial charge is 0.431 e. The molecule has 34 heavy (non-hydrogen) atoms. The Morgan fingerprint density at radius 1 is 1.03 bits per heavy atom. The van der Waals surface area contributed by atoms with Crippen molar-refractivity contribution in [1.29, 1.82) is 0 Å². The summed E-state index contributed by atoms with van der Waals surface area (Å²) in [5.74, 6) is 0. The average Bonchev–Trinajstić information content (AvgIpc) is 3.18. The topological polar surface area (TPSA) is 94.3 Å². The van der Waals surface area contributed by atoms with E-state index in [4.69, 9.17) is 0 Å². The molecule has 178 valence electrons. The van der Waals surface area contributed by atoms with Gasteiger partial charge in [-0.3, -0.25) is 13.7 Å². The third kappa shape index (κ3) is 4.12. The number of alkyl halides is 3.